The summed E-state index contributed by atoms with van der Waals surface area (Å²) in [5, 5.41) is 0. The number of hydrogen-bond acceptors (Lipinski definition) is 5. The van der Waals surface area contributed by atoms with E-state index < -0.39 is 10.0 Å². The van der Waals surface area contributed by atoms with Crippen LogP contribution in [-0.4, -0.2) is 44.6 Å². The summed E-state index contributed by atoms with van der Waals surface area (Å²) >= 11 is 0. The molecule has 6 nitrogen and oxygen atoms in total. The third-order valence-corrected chi connectivity index (χ3v) is 5.99. The van der Waals surface area contributed by atoms with Crippen LogP contribution in [0.25, 0.3) is 0 Å². The lowest BCUT2D eigenvalue weighted by atomic mass is 10.0. The van der Waals surface area contributed by atoms with Gasteiger partial charge < -0.3 is 15.2 Å². The Labute approximate surface area is 138 Å². The van der Waals surface area contributed by atoms with Crippen LogP contribution in [-0.2, 0) is 10.0 Å². The molecule has 2 atom stereocenters. The summed E-state index contributed by atoms with van der Waals surface area (Å²) < 4.78 is 38.4. The van der Waals surface area contributed by atoms with E-state index in [0.29, 0.717) is 44.1 Å². The maximum atomic E-state index is 12.9. The third-order valence-electron chi connectivity index (χ3n) is 3.98. The Morgan fingerprint density at radius 1 is 1.22 bits per heavy atom. The zero-order valence-corrected chi connectivity index (χ0v) is 14.8. The van der Waals surface area contributed by atoms with Crippen molar-refractivity contribution >= 4 is 10.0 Å². The van der Waals surface area contributed by atoms with Crippen molar-refractivity contribution in [2.75, 3.05) is 19.8 Å². The van der Waals surface area contributed by atoms with Crippen LogP contribution in [0, 0.1) is 0 Å². The van der Waals surface area contributed by atoms with Crippen molar-refractivity contribution in [3.63, 3.8) is 0 Å². The fourth-order valence-corrected chi connectivity index (χ4v) is 4.54. The van der Waals surface area contributed by atoms with Crippen LogP contribution in [0.5, 0.6) is 11.5 Å². The smallest absolute Gasteiger partial charge is 0.243 e. The van der Waals surface area contributed by atoms with Crippen LogP contribution in [0.4, 0.5) is 0 Å². The molecule has 130 valence electrons. The van der Waals surface area contributed by atoms with Gasteiger partial charge in [0.25, 0.3) is 0 Å². The van der Waals surface area contributed by atoms with Crippen LogP contribution in [0.15, 0.2) is 23.1 Å². The van der Waals surface area contributed by atoms with Crippen molar-refractivity contribution in [3.05, 3.63) is 18.2 Å². The van der Waals surface area contributed by atoms with Crippen molar-refractivity contribution in [2.45, 2.75) is 50.6 Å². The fraction of sp³-hybridized carbons (Fsp3) is 0.625. The summed E-state index contributed by atoms with van der Waals surface area (Å²) in [5.41, 5.74) is 5.93. The van der Waals surface area contributed by atoms with E-state index in [-0.39, 0.29) is 17.0 Å². The number of nitrogens with two attached hydrogens (primary N) is 1. The second kappa shape index (κ2) is 7.51. The minimum absolute atomic E-state index is 0.0655. The van der Waals surface area contributed by atoms with E-state index in [2.05, 4.69) is 0 Å². The molecular formula is C16H26N2O4S. The van der Waals surface area contributed by atoms with Crippen LogP contribution in [0.1, 0.15) is 33.6 Å². The molecule has 1 aromatic carbocycles. The Hall–Kier alpha value is -1.31. The highest BCUT2D eigenvalue weighted by molar-refractivity contribution is 7.89. The summed E-state index contributed by atoms with van der Waals surface area (Å²) in [6.45, 7) is 7.01. The molecule has 0 amide bonds. The predicted octanol–water partition coefficient (Wildman–Crippen LogP) is 1.98. The van der Waals surface area contributed by atoms with E-state index in [1.165, 1.54) is 4.31 Å². The number of hydrogen-bond donors (Lipinski definition) is 1. The number of nitrogens with zero attached hydrogens (tertiary/aromatic N) is 1. The molecule has 0 bridgehead atoms. The second-order valence-corrected chi connectivity index (χ2v) is 7.61. The van der Waals surface area contributed by atoms with E-state index in [0.717, 1.165) is 0 Å². The first-order chi connectivity index (χ1) is 10.9. The van der Waals surface area contributed by atoms with Crippen molar-refractivity contribution in [2.24, 2.45) is 5.73 Å². The molecule has 2 N–H and O–H groups in total. The lowest BCUT2D eigenvalue weighted by Gasteiger charge is -2.35. The maximum absolute atomic E-state index is 12.9. The third kappa shape index (κ3) is 3.97. The summed E-state index contributed by atoms with van der Waals surface area (Å²) in [4.78, 5) is 0.228. The Morgan fingerprint density at radius 2 is 1.87 bits per heavy atom. The lowest BCUT2D eigenvalue weighted by molar-refractivity contribution is 0.247. The molecule has 23 heavy (non-hydrogen) atoms. The molecule has 0 aromatic heterocycles. The first-order valence-electron chi connectivity index (χ1n) is 8.07. The quantitative estimate of drug-likeness (QED) is 0.855. The van der Waals surface area contributed by atoms with Crippen LogP contribution in [0.2, 0.25) is 0 Å². The highest BCUT2D eigenvalue weighted by atomic mass is 32.2. The molecule has 2 rings (SSSR count). The predicted molar refractivity (Wildman–Crippen MR) is 89.3 cm³/mol. The summed E-state index contributed by atoms with van der Waals surface area (Å²) in [6.07, 6.45) is 1.35. The molecule has 0 saturated carbocycles. The van der Waals surface area contributed by atoms with Crippen molar-refractivity contribution < 1.29 is 17.9 Å². The van der Waals surface area contributed by atoms with Gasteiger partial charge in [-0.15, -0.1) is 0 Å². The molecule has 7 heteroatoms. The van der Waals surface area contributed by atoms with Crippen molar-refractivity contribution in [3.8, 4) is 11.5 Å². The molecule has 1 aliphatic heterocycles. The van der Waals surface area contributed by atoms with Gasteiger partial charge in [0, 0.05) is 24.7 Å². The van der Waals surface area contributed by atoms with Gasteiger partial charge in [-0.25, -0.2) is 8.42 Å². The first-order valence-corrected chi connectivity index (χ1v) is 9.51. The van der Waals surface area contributed by atoms with Gasteiger partial charge in [-0.3, -0.25) is 0 Å². The molecule has 1 aliphatic rings. The van der Waals surface area contributed by atoms with E-state index in [1.54, 1.807) is 18.2 Å². The highest BCUT2D eigenvalue weighted by Crippen LogP contribution is 2.33. The monoisotopic (exact) mass is 342 g/mol. The van der Waals surface area contributed by atoms with Gasteiger partial charge in [0.1, 0.15) is 0 Å². The van der Waals surface area contributed by atoms with Gasteiger partial charge in [-0.05, 0) is 45.7 Å². The molecular weight excluding hydrogens is 316 g/mol. The van der Waals surface area contributed by atoms with Crippen LogP contribution < -0.4 is 15.2 Å². The largest absolute Gasteiger partial charge is 0.490 e. The summed E-state index contributed by atoms with van der Waals surface area (Å²) in [6, 6.07) is 4.73. The Kier molecular flexibility index (Phi) is 5.89. The van der Waals surface area contributed by atoms with Crippen molar-refractivity contribution in [1.29, 1.82) is 0 Å². The fourth-order valence-electron chi connectivity index (χ4n) is 2.87. The van der Waals surface area contributed by atoms with Crippen LogP contribution in [0.3, 0.4) is 0 Å². The average Bonchev–Trinajstić information content (AvgIpc) is 2.49. The van der Waals surface area contributed by atoms with Gasteiger partial charge in [-0.2, -0.15) is 4.31 Å². The molecule has 1 saturated heterocycles. The number of sulfonamides is 1. The molecule has 0 radical (unpaired) electrons. The van der Waals surface area contributed by atoms with Gasteiger partial charge in [0.2, 0.25) is 10.0 Å². The van der Waals surface area contributed by atoms with Gasteiger partial charge in [-0.1, -0.05) is 0 Å². The Balaban J connectivity index is 2.34. The summed E-state index contributed by atoms with van der Waals surface area (Å²) in [5.74, 6) is 1.01. The maximum Gasteiger partial charge on any atom is 0.243 e. The molecule has 1 aromatic rings. The molecule has 1 fully saturated rings. The number of ether oxygens (including phenoxy) is 2. The Morgan fingerprint density at radius 3 is 2.48 bits per heavy atom. The van der Waals surface area contributed by atoms with E-state index >= 15 is 0 Å². The number of piperidine rings is 1. The van der Waals surface area contributed by atoms with E-state index in [9.17, 15) is 8.42 Å². The standard InChI is InChI=1S/C16H26N2O4S/c1-4-21-15-7-6-14(11-16(15)22-5-2)23(19,20)18-9-8-13(17)10-12(18)3/h6-7,11-13H,4-5,8-10,17H2,1-3H3/t12-,13+/m1/s1. The van der Waals surface area contributed by atoms with E-state index in [4.69, 9.17) is 15.2 Å². The van der Waals surface area contributed by atoms with Gasteiger partial charge in [0.15, 0.2) is 11.5 Å². The first kappa shape index (κ1) is 18.0. The van der Waals surface area contributed by atoms with Crippen LogP contribution >= 0.6 is 0 Å². The topological polar surface area (TPSA) is 81.9 Å². The lowest BCUT2D eigenvalue weighted by Crippen LogP contribution is -2.48. The molecule has 0 spiro atoms. The number of benzene rings is 1. The number of rotatable bonds is 6. The van der Waals surface area contributed by atoms with Gasteiger partial charge >= 0.3 is 0 Å². The minimum Gasteiger partial charge on any atom is -0.490 e. The molecule has 0 aliphatic carbocycles. The molecule has 1 heterocycles. The normalized spacial score (nSPS) is 22.8. The SMILES string of the molecule is CCOc1ccc(S(=O)(=O)N2CC[C@H](N)C[C@H]2C)cc1OCC. The zero-order valence-electron chi connectivity index (χ0n) is 14.0. The average molecular weight is 342 g/mol. The minimum atomic E-state index is -3.56. The Bertz CT molecular complexity index is 633. The zero-order chi connectivity index (χ0) is 17.0. The second-order valence-electron chi connectivity index (χ2n) is 5.72. The van der Waals surface area contributed by atoms with Gasteiger partial charge in [0.05, 0.1) is 18.1 Å². The molecule has 0 unspecified atom stereocenters. The summed E-state index contributed by atoms with van der Waals surface area (Å²) in [7, 11) is -3.56. The highest BCUT2D eigenvalue weighted by Gasteiger charge is 2.33. The van der Waals surface area contributed by atoms with E-state index in [1.807, 2.05) is 20.8 Å². The van der Waals surface area contributed by atoms with Crippen molar-refractivity contribution in [1.82, 2.24) is 4.31 Å².